The molecule has 3 aliphatic rings. The number of aromatic hydroxyl groups is 1. The second-order valence-corrected chi connectivity index (χ2v) is 6.07. The standard InChI is InChI=1S/C17H17NO5/c19-12-1-2-14-13(10-12)17(16(21)23-14)4-3-11(9-15(17)20)18-5-7-22-8-6-18/h1-2,9-10,19H,3-8H2. The van der Waals surface area contributed by atoms with Crippen LogP contribution in [0.5, 0.6) is 11.5 Å². The lowest BCUT2D eigenvalue weighted by Crippen LogP contribution is -2.46. The van der Waals surface area contributed by atoms with Gasteiger partial charge in [0.25, 0.3) is 0 Å². The Kier molecular flexibility index (Phi) is 3.16. The molecule has 6 heteroatoms. The number of ketones is 1. The highest BCUT2D eigenvalue weighted by atomic mass is 16.5. The van der Waals surface area contributed by atoms with Gasteiger partial charge in [-0.25, -0.2) is 0 Å². The van der Waals surface area contributed by atoms with E-state index in [1.54, 1.807) is 6.08 Å². The van der Waals surface area contributed by atoms with Crippen molar-refractivity contribution >= 4 is 11.8 Å². The number of rotatable bonds is 1. The van der Waals surface area contributed by atoms with Gasteiger partial charge >= 0.3 is 5.97 Å². The summed E-state index contributed by atoms with van der Waals surface area (Å²) in [6.45, 7) is 2.81. The minimum absolute atomic E-state index is 0.0252. The summed E-state index contributed by atoms with van der Waals surface area (Å²) in [7, 11) is 0. The molecule has 1 fully saturated rings. The number of hydrogen-bond donors (Lipinski definition) is 1. The highest BCUT2D eigenvalue weighted by molar-refractivity contribution is 6.18. The molecular weight excluding hydrogens is 298 g/mol. The maximum atomic E-state index is 12.8. The van der Waals surface area contributed by atoms with Crippen molar-refractivity contribution in [3.63, 3.8) is 0 Å². The first-order valence-electron chi connectivity index (χ1n) is 7.75. The number of hydrogen-bond acceptors (Lipinski definition) is 6. The lowest BCUT2D eigenvalue weighted by atomic mass is 9.71. The van der Waals surface area contributed by atoms with Crippen LogP contribution >= 0.6 is 0 Å². The van der Waals surface area contributed by atoms with Crippen LogP contribution in [0.3, 0.4) is 0 Å². The van der Waals surface area contributed by atoms with E-state index >= 15 is 0 Å². The molecule has 120 valence electrons. The van der Waals surface area contributed by atoms with Gasteiger partial charge in [0.05, 0.1) is 13.2 Å². The fraction of sp³-hybridized carbons (Fsp3) is 0.412. The van der Waals surface area contributed by atoms with Crippen molar-refractivity contribution in [2.24, 2.45) is 0 Å². The number of benzene rings is 1. The minimum Gasteiger partial charge on any atom is -0.508 e. The SMILES string of the molecule is O=C1C=C(N2CCOCC2)CCC12C(=O)Oc1ccc(O)cc12. The van der Waals surface area contributed by atoms with Crippen LogP contribution < -0.4 is 4.74 Å². The summed E-state index contributed by atoms with van der Waals surface area (Å²) in [5.41, 5.74) is 0.124. The van der Waals surface area contributed by atoms with Gasteiger partial charge in [-0.05, 0) is 31.0 Å². The number of morpholine rings is 1. The summed E-state index contributed by atoms with van der Waals surface area (Å²) >= 11 is 0. The average molecular weight is 315 g/mol. The molecule has 2 heterocycles. The van der Waals surface area contributed by atoms with Crippen LogP contribution in [-0.2, 0) is 19.7 Å². The topological polar surface area (TPSA) is 76.1 Å². The van der Waals surface area contributed by atoms with Crippen molar-refractivity contribution in [1.29, 1.82) is 0 Å². The van der Waals surface area contributed by atoms with Crippen LogP contribution in [0.15, 0.2) is 30.0 Å². The van der Waals surface area contributed by atoms with Crippen molar-refractivity contribution in [2.45, 2.75) is 18.3 Å². The van der Waals surface area contributed by atoms with Crippen molar-refractivity contribution in [1.82, 2.24) is 4.90 Å². The number of carbonyl (C=O) groups excluding carboxylic acids is 2. The molecule has 1 spiro atoms. The van der Waals surface area contributed by atoms with Crippen molar-refractivity contribution in [2.75, 3.05) is 26.3 Å². The second-order valence-electron chi connectivity index (χ2n) is 6.07. The third-order valence-corrected chi connectivity index (χ3v) is 4.87. The minimum atomic E-state index is -1.30. The Bertz CT molecular complexity index is 720. The smallest absolute Gasteiger partial charge is 0.330 e. The molecule has 4 rings (SSSR count). The summed E-state index contributed by atoms with van der Waals surface area (Å²) in [5, 5.41) is 9.72. The first-order valence-corrected chi connectivity index (χ1v) is 7.75. The predicted molar refractivity (Wildman–Crippen MR) is 80.1 cm³/mol. The largest absolute Gasteiger partial charge is 0.508 e. The Morgan fingerprint density at radius 2 is 1.96 bits per heavy atom. The van der Waals surface area contributed by atoms with Gasteiger partial charge in [0.15, 0.2) is 11.2 Å². The van der Waals surface area contributed by atoms with E-state index in [2.05, 4.69) is 4.90 Å². The van der Waals surface area contributed by atoms with E-state index in [0.29, 0.717) is 37.4 Å². The third-order valence-electron chi connectivity index (χ3n) is 4.87. The lowest BCUT2D eigenvalue weighted by Gasteiger charge is -2.35. The fourth-order valence-electron chi connectivity index (χ4n) is 3.59. The summed E-state index contributed by atoms with van der Waals surface area (Å²) in [6, 6.07) is 4.45. The number of nitrogens with zero attached hydrogens (tertiary/aromatic N) is 1. The van der Waals surface area contributed by atoms with Crippen LogP contribution in [0.4, 0.5) is 0 Å². The zero-order valence-corrected chi connectivity index (χ0v) is 12.6. The molecule has 1 saturated heterocycles. The number of fused-ring (bicyclic) bond motifs is 2. The molecule has 6 nitrogen and oxygen atoms in total. The van der Waals surface area contributed by atoms with E-state index < -0.39 is 11.4 Å². The first-order chi connectivity index (χ1) is 11.1. The van der Waals surface area contributed by atoms with Crippen LogP contribution in [0.25, 0.3) is 0 Å². The Morgan fingerprint density at radius 1 is 1.17 bits per heavy atom. The molecular formula is C17H17NO5. The van der Waals surface area contributed by atoms with Crippen LogP contribution in [0, 0.1) is 0 Å². The van der Waals surface area contributed by atoms with E-state index in [4.69, 9.17) is 9.47 Å². The van der Waals surface area contributed by atoms with Crippen molar-refractivity contribution in [3.8, 4) is 11.5 Å². The molecule has 2 aliphatic heterocycles. The van der Waals surface area contributed by atoms with Crippen molar-refractivity contribution in [3.05, 3.63) is 35.5 Å². The predicted octanol–water partition coefficient (Wildman–Crippen LogP) is 1.13. The van der Waals surface area contributed by atoms with Gasteiger partial charge in [-0.2, -0.15) is 0 Å². The Labute approximate surface area is 133 Å². The number of phenolic OH excluding ortho intramolecular Hbond substituents is 1. The molecule has 0 bridgehead atoms. The Hall–Kier alpha value is -2.34. The number of carbonyl (C=O) groups is 2. The zero-order chi connectivity index (χ0) is 16.0. The number of ether oxygens (including phenoxy) is 2. The molecule has 1 atom stereocenters. The average Bonchev–Trinajstić information content (AvgIpc) is 2.84. The zero-order valence-electron chi connectivity index (χ0n) is 12.6. The molecule has 23 heavy (non-hydrogen) atoms. The number of allylic oxidation sites excluding steroid dienone is 2. The van der Waals surface area contributed by atoms with Gasteiger partial charge in [-0.3, -0.25) is 9.59 Å². The Balaban J connectivity index is 1.71. The summed E-state index contributed by atoms with van der Waals surface area (Å²) in [4.78, 5) is 27.4. The van der Waals surface area contributed by atoms with Gasteiger partial charge < -0.3 is 19.5 Å². The molecule has 1 aliphatic carbocycles. The number of esters is 1. The molecule has 0 radical (unpaired) electrons. The van der Waals surface area contributed by atoms with E-state index in [9.17, 15) is 14.7 Å². The Morgan fingerprint density at radius 3 is 2.70 bits per heavy atom. The monoisotopic (exact) mass is 315 g/mol. The second kappa shape index (κ2) is 5.09. The molecule has 1 aromatic rings. The first kappa shape index (κ1) is 14.3. The van der Waals surface area contributed by atoms with Gasteiger partial charge in [0, 0.05) is 30.4 Å². The van der Waals surface area contributed by atoms with Crippen LogP contribution in [-0.4, -0.2) is 48.1 Å². The highest BCUT2D eigenvalue weighted by Crippen LogP contribution is 2.47. The van der Waals surface area contributed by atoms with Crippen LogP contribution in [0.1, 0.15) is 18.4 Å². The van der Waals surface area contributed by atoms with Crippen LogP contribution in [0.2, 0.25) is 0 Å². The summed E-state index contributed by atoms with van der Waals surface area (Å²) in [6.07, 6.45) is 2.55. The molecule has 1 aromatic carbocycles. The normalized spacial score (nSPS) is 27.0. The fourth-order valence-corrected chi connectivity index (χ4v) is 3.59. The maximum Gasteiger partial charge on any atom is 0.330 e. The van der Waals surface area contributed by atoms with E-state index in [0.717, 1.165) is 18.8 Å². The van der Waals surface area contributed by atoms with E-state index in [1.165, 1.54) is 18.2 Å². The molecule has 1 N–H and O–H groups in total. The molecule has 0 aromatic heterocycles. The van der Waals surface area contributed by atoms with E-state index in [-0.39, 0.29) is 11.5 Å². The summed E-state index contributed by atoms with van der Waals surface area (Å²) in [5.74, 6) is -0.415. The maximum absolute atomic E-state index is 12.8. The van der Waals surface area contributed by atoms with E-state index in [1.807, 2.05) is 0 Å². The molecule has 0 saturated carbocycles. The van der Waals surface area contributed by atoms with Gasteiger partial charge in [0.1, 0.15) is 11.5 Å². The lowest BCUT2D eigenvalue weighted by molar-refractivity contribution is -0.143. The van der Waals surface area contributed by atoms with Gasteiger partial charge in [0.2, 0.25) is 0 Å². The third kappa shape index (κ3) is 2.05. The van der Waals surface area contributed by atoms with Gasteiger partial charge in [-0.15, -0.1) is 0 Å². The highest BCUT2D eigenvalue weighted by Gasteiger charge is 2.55. The summed E-state index contributed by atoms with van der Waals surface area (Å²) < 4.78 is 10.6. The molecule has 1 unspecified atom stereocenters. The van der Waals surface area contributed by atoms with Crippen molar-refractivity contribution < 1.29 is 24.2 Å². The number of phenols is 1. The molecule has 0 amide bonds. The van der Waals surface area contributed by atoms with Gasteiger partial charge in [-0.1, -0.05) is 0 Å². The quantitative estimate of drug-likeness (QED) is 0.476.